The van der Waals surface area contributed by atoms with Gasteiger partial charge in [0.1, 0.15) is 5.54 Å². The molecular weight excluding hydrogens is 402 g/mol. The molecule has 0 aliphatic heterocycles. The number of amides is 1. The van der Waals surface area contributed by atoms with E-state index in [1.807, 2.05) is 0 Å². The predicted molar refractivity (Wildman–Crippen MR) is 93.0 cm³/mol. The lowest BCUT2D eigenvalue weighted by molar-refractivity contribution is -0.206. The number of nitrogens with zero attached hydrogens (tertiary/aromatic N) is 1. The molecule has 2 N–H and O–H groups in total. The molecule has 1 aromatic heterocycles. The predicted octanol–water partition coefficient (Wildman–Crippen LogP) is 4.72. The molecule has 1 atom stereocenters. The number of aromatic nitrogens is 1. The van der Waals surface area contributed by atoms with Gasteiger partial charge in [0.15, 0.2) is 6.10 Å². The zero-order valence-corrected chi connectivity index (χ0v) is 15.6. The lowest BCUT2D eigenvalue weighted by atomic mass is 9.97. The Labute approximate surface area is 162 Å². The monoisotopic (exact) mass is 420 g/mol. The number of nitrogens with one attached hydrogen (secondary N) is 1. The van der Waals surface area contributed by atoms with Crippen LogP contribution >= 0.6 is 0 Å². The van der Waals surface area contributed by atoms with Crippen molar-refractivity contribution in [2.75, 3.05) is 0 Å². The average Bonchev–Trinajstić information content (AvgIpc) is 2.59. The zero-order valence-electron chi connectivity index (χ0n) is 15.6. The normalized spacial score (nSPS) is 13.9. The SMILES string of the molecule is Cc1ccc(-c2cc(C(=O)NC(C)(C)C(F)(F)F)cc(C(O)C(F)(F)F)c2)nc1. The second-order valence-corrected chi connectivity index (χ2v) is 7.09. The first-order valence-corrected chi connectivity index (χ1v) is 8.34. The molecule has 0 aliphatic rings. The number of carbonyl (C=O) groups excluding carboxylic acids is 1. The standard InChI is InChI=1S/C19H18F6N2O2/c1-10-4-5-14(26-9-10)11-6-12(15(28)18(20,21)22)8-13(7-11)16(29)27-17(2,3)19(23,24)25/h4-9,15,28H,1-3H3,(H,27,29). The minimum absolute atomic E-state index is 0.0424. The molecule has 10 heteroatoms. The third-order valence-electron chi connectivity index (χ3n) is 4.19. The van der Waals surface area contributed by atoms with Crippen molar-refractivity contribution in [2.45, 2.75) is 44.8 Å². The third kappa shape index (κ3) is 5.26. The summed E-state index contributed by atoms with van der Waals surface area (Å²) in [5.41, 5.74) is -2.78. The maximum absolute atomic E-state index is 13.0. The van der Waals surface area contributed by atoms with E-state index in [0.29, 0.717) is 6.07 Å². The van der Waals surface area contributed by atoms with Crippen LogP contribution in [-0.2, 0) is 0 Å². The highest BCUT2D eigenvalue weighted by atomic mass is 19.4. The smallest absolute Gasteiger partial charge is 0.379 e. The fourth-order valence-electron chi connectivity index (χ4n) is 2.34. The molecule has 0 aliphatic carbocycles. The first kappa shape index (κ1) is 22.7. The average molecular weight is 420 g/mol. The van der Waals surface area contributed by atoms with Gasteiger partial charge in [-0.2, -0.15) is 26.3 Å². The lowest BCUT2D eigenvalue weighted by Crippen LogP contribution is -2.54. The third-order valence-corrected chi connectivity index (χ3v) is 4.19. The Balaban J connectivity index is 2.55. The van der Waals surface area contributed by atoms with Crippen LogP contribution in [0.15, 0.2) is 36.5 Å². The van der Waals surface area contributed by atoms with Crippen LogP contribution in [0.5, 0.6) is 0 Å². The Hall–Kier alpha value is -2.62. The maximum atomic E-state index is 13.0. The van der Waals surface area contributed by atoms with Crippen molar-refractivity contribution in [1.82, 2.24) is 10.3 Å². The second-order valence-electron chi connectivity index (χ2n) is 7.09. The molecule has 0 saturated heterocycles. The van der Waals surface area contributed by atoms with Gasteiger partial charge >= 0.3 is 12.4 Å². The molecule has 0 bridgehead atoms. The van der Waals surface area contributed by atoms with E-state index in [4.69, 9.17) is 0 Å². The van der Waals surface area contributed by atoms with E-state index in [9.17, 15) is 36.2 Å². The first-order valence-electron chi connectivity index (χ1n) is 8.34. The summed E-state index contributed by atoms with van der Waals surface area (Å²) < 4.78 is 78.0. The fraction of sp³-hybridized carbons (Fsp3) is 0.368. The Morgan fingerprint density at radius 3 is 2.17 bits per heavy atom. The highest BCUT2D eigenvalue weighted by Gasteiger charge is 2.48. The van der Waals surface area contributed by atoms with Gasteiger partial charge in [0.05, 0.1) is 5.69 Å². The summed E-state index contributed by atoms with van der Waals surface area (Å²) in [6, 6.07) is 5.92. The molecule has 1 unspecified atom stereocenters. The van der Waals surface area contributed by atoms with Gasteiger partial charge < -0.3 is 10.4 Å². The fourth-order valence-corrected chi connectivity index (χ4v) is 2.34. The lowest BCUT2D eigenvalue weighted by Gasteiger charge is -2.29. The van der Waals surface area contributed by atoms with Crippen LogP contribution in [-0.4, -0.2) is 33.9 Å². The molecule has 158 valence electrons. The molecular formula is C19H18F6N2O2. The number of rotatable bonds is 4. The Kier molecular flexibility index (Phi) is 5.99. The quantitative estimate of drug-likeness (QED) is 0.704. The van der Waals surface area contributed by atoms with E-state index in [2.05, 4.69) is 4.98 Å². The number of carbonyl (C=O) groups is 1. The number of aliphatic hydroxyl groups is 1. The number of aliphatic hydroxyl groups excluding tert-OH is 1. The Morgan fingerprint density at radius 1 is 1.07 bits per heavy atom. The molecule has 2 rings (SSSR count). The van der Waals surface area contributed by atoms with Crippen LogP contribution in [0.2, 0.25) is 0 Å². The van der Waals surface area contributed by atoms with Gasteiger partial charge in [-0.15, -0.1) is 0 Å². The second kappa shape index (κ2) is 7.66. The van der Waals surface area contributed by atoms with Crippen molar-refractivity contribution in [3.63, 3.8) is 0 Å². The Morgan fingerprint density at radius 2 is 1.69 bits per heavy atom. The van der Waals surface area contributed by atoms with Crippen molar-refractivity contribution in [2.24, 2.45) is 0 Å². The minimum Gasteiger partial charge on any atom is -0.379 e. The van der Waals surface area contributed by atoms with E-state index >= 15 is 0 Å². The van der Waals surface area contributed by atoms with Crippen molar-refractivity contribution in [3.8, 4) is 11.3 Å². The topological polar surface area (TPSA) is 62.2 Å². The van der Waals surface area contributed by atoms with Crippen LogP contribution in [0.3, 0.4) is 0 Å². The highest BCUT2D eigenvalue weighted by molar-refractivity contribution is 5.96. The van der Waals surface area contributed by atoms with Crippen LogP contribution < -0.4 is 5.32 Å². The number of hydrogen-bond acceptors (Lipinski definition) is 3. The van der Waals surface area contributed by atoms with E-state index in [1.54, 1.807) is 18.3 Å². The number of halogens is 6. The van der Waals surface area contributed by atoms with Gasteiger partial charge in [-0.3, -0.25) is 9.78 Å². The minimum atomic E-state index is -5.03. The molecule has 2 aromatic rings. The van der Waals surface area contributed by atoms with Gasteiger partial charge in [-0.25, -0.2) is 0 Å². The van der Waals surface area contributed by atoms with Crippen LogP contribution in [0, 0.1) is 6.92 Å². The summed E-state index contributed by atoms with van der Waals surface area (Å²) in [5, 5.41) is 11.3. The molecule has 1 amide bonds. The molecule has 4 nitrogen and oxygen atoms in total. The summed E-state index contributed by atoms with van der Waals surface area (Å²) in [6.45, 7) is 3.18. The van der Waals surface area contributed by atoms with E-state index in [0.717, 1.165) is 31.5 Å². The first-order chi connectivity index (χ1) is 13.1. The largest absolute Gasteiger partial charge is 0.418 e. The maximum Gasteiger partial charge on any atom is 0.418 e. The van der Waals surface area contributed by atoms with Gasteiger partial charge in [-0.1, -0.05) is 6.07 Å². The molecule has 1 aromatic carbocycles. The van der Waals surface area contributed by atoms with Gasteiger partial charge in [0.2, 0.25) is 0 Å². The molecule has 0 fully saturated rings. The zero-order chi connectivity index (χ0) is 22.2. The Bertz CT molecular complexity index is 889. The van der Waals surface area contributed by atoms with Crippen molar-refractivity contribution in [3.05, 3.63) is 53.2 Å². The van der Waals surface area contributed by atoms with Crippen molar-refractivity contribution >= 4 is 5.91 Å². The number of aryl methyl sites for hydroxylation is 1. The summed E-state index contributed by atoms with van der Waals surface area (Å²) in [6.07, 6.45) is -11.3. The summed E-state index contributed by atoms with van der Waals surface area (Å²) >= 11 is 0. The molecule has 0 saturated carbocycles. The van der Waals surface area contributed by atoms with E-state index in [-0.39, 0.29) is 11.3 Å². The molecule has 29 heavy (non-hydrogen) atoms. The van der Waals surface area contributed by atoms with Crippen LogP contribution in [0.4, 0.5) is 26.3 Å². The highest BCUT2D eigenvalue weighted by Crippen LogP contribution is 2.35. The van der Waals surface area contributed by atoms with Gasteiger partial charge in [0, 0.05) is 17.3 Å². The number of benzene rings is 1. The van der Waals surface area contributed by atoms with Gasteiger partial charge in [0.25, 0.3) is 5.91 Å². The van der Waals surface area contributed by atoms with Crippen molar-refractivity contribution in [1.29, 1.82) is 0 Å². The van der Waals surface area contributed by atoms with E-state index < -0.39 is 41.0 Å². The summed E-state index contributed by atoms with van der Waals surface area (Å²) in [7, 11) is 0. The van der Waals surface area contributed by atoms with Crippen molar-refractivity contribution < 1.29 is 36.2 Å². The van der Waals surface area contributed by atoms with Crippen LogP contribution in [0.25, 0.3) is 11.3 Å². The van der Waals surface area contributed by atoms with E-state index in [1.165, 1.54) is 12.3 Å². The molecule has 0 spiro atoms. The van der Waals surface area contributed by atoms with Gasteiger partial charge in [-0.05, 0) is 56.2 Å². The molecule has 1 heterocycles. The number of alkyl halides is 6. The summed E-state index contributed by atoms with van der Waals surface area (Å²) in [4.78, 5) is 16.4. The number of hydrogen-bond donors (Lipinski definition) is 2. The number of pyridine rings is 1. The van der Waals surface area contributed by atoms with Crippen LogP contribution in [0.1, 0.15) is 41.4 Å². The summed E-state index contributed by atoms with van der Waals surface area (Å²) in [5.74, 6) is -1.24. The molecule has 0 radical (unpaired) electrons.